The second kappa shape index (κ2) is 9.47. The van der Waals surface area contributed by atoms with E-state index in [9.17, 15) is 4.79 Å². The Labute approximate surface area is 157 Å². The molecule has 0 saturated heterocycles. The van der Waals surface area contributed by atoms with Gasteiger partial charge in [-0.3, -0.25) is 4.98 Å². The van der Waals surface area contributed by atoms with Crippen molar-refractivity contribution in [1.29, 1.82) is 0 Å². The summed E-state index contributed by atoms with van der Waals surface area (Å²) in [6.45, 7) is 3.77. The predicted octanol–water partition coefficient (Wildman–Crippen LogP) is 6.12. The zero-order valence-corrected chi connectivity index (χ0v) is 15.6. The van der Waals surface area contributed by atoms with Crippen molar-refractivity contribution >= 4 is 6.29 Å². The number of benzene rings is 1. The van der Waals surface area contributed by atoms with Crippen molar-refractivity contribution in [3.8, 4) is 11.3 Å². The summed E-state index contributed by atoms with van der Waals surface area (Å²) in [5.74, 6) is 1.25. The fourth-order valence-corrected chi connectivity index (χ4v) is 3.99. The number of nitrogens with zero attached hydrogens (tertiary/aromatic N) is 1. The number of rotatable bonds is 8. The maximum absolute atomic E-state index is 10.7. The molecule has 3 rings (SSSR count). The highest BCUT2D eigenvalue weighted by Crippen LogP contribution is 2.37. The van der Waals surface area contributed by atoms with Crippen LogP contribution in [0.15, 0.2) is 55.3 Å². The van der Waals surface area contributed by atoms with Crippen LogP contribution in [0.1, 0.15) is 62.0 Å². The Morgan fingerprint density at radius 3 is 2.42 bits per heavy atom. The lowest BCUT2D eigenvalue weighted by molar-refractivity contribution is -0.108. The van der Waals surface area contributed by atoms with Gasteiger partial charge in [0, 0.05) is 18.2 Å². The van der Waals surface area contributed by atoms with Crippen molar-refractivity contribution in [2.24, 2.45) is 5.92 Å². The summed E-state index contributed by atoms with van der Waals surface area (Å²) in [5.41, 5.74) is 4.94. The highest BCUT2D eigenvalue weighted by molar-refractivity contribution is 5.59. The van der Waals surface area contributed by atoms with Gasteiger partial charge in [-0.25, -0.2) is 0 Å². The second-order valence-electron chi connectivity index (χ2n) is 7.47. The van der Waals surface area contributed by atoms with Crippen molar-refractivity contribution in [3.63, 3.8) is 0 Å². The molecule has 0 spiro atoms. The quantitative estimate of drug-likeness (QED) is 0.327. The van der Waals surface area contributed by atoms with Gasteiger partial charge < -0.3 is 4.79 Å². The number of hydrogen-bond acceptors (Lipinski definition) is 2. The van der Waals surface area contributed by atoms with Crippen LogP contribution in [0.5, 0.6) is 0 Å². The SMILES string of the molecule is C=CCCCc1ccc(-c2ccc(C3CCC(CC=O)CC3)cc2)nc1. The van der Waals surface area contributed by atoms with Gasteiger partial charge in [0.25, 0.3) is 0 Å². The van der Waals surface area contributed by atoms with E-state index in [1.54, 1.807) is 0 Å². The molecule has 0 atom stereocenters. The molecule has 0 amide bonds. The van der Waals surface area contributed by atoms with Crippen molar-refractivity contribution in [1.82, 2.24) is 4.98 Å². The van der Waals surface area contributed by atoms with Gasteiger partial charge in [-0.05, 0) is 74.0 Å². The third-order valence-corrected chi connectivity index (χ3v) is 5.65. The first kappa shape index (κ1) is 18.6. The zero-order valence-electron chi connectivity index (χ0n) is 15.6. The van der Waals surface area contributed by atoms with Crippen LogP contribution in [0, 0.1) is 5.92 Å². The summed E-state index contributed by atoms with van der Waals surface area (Å²) in [4.78, 5) is 15.3. The molecule has 0 aliphatic heterocycles. The standard InChI is InChI=1S/C24H29NO/c1-2-3-4-5-20-8-15-24(25-18-20)23-13-11-22(12-14-23)21-9-6-19(7-10-21)16-17-26/h2,8,11-15,17-19,21H,1,3-7,9-10,16H2. The molecular weight excluding hydrogens is 318 g/mol. The molecule has 2 aromatic rings. The number of aryl methyl sites for hydroxylation is 1. The largest absolute Gasteiger partial charge is 0.303 e. The van der Waals surface area contributed by atoms with Crippen LogP contribution in [0.2, 0.25) is 0 Å². The topological polar surface area (TPSA) is 30.0 Å². The maximum atomic E-state index is 10.7. The van der Waals surface area contributed by atoms with E-state index in [0.29, 0.717) is 11.8 Å². The Hall–Kier alpha value is -2.22. The fourth-order valence-electron chi connectivity index (χ4n) is 3.99. The summed E-state index contributed by atoms with van der Waals surface area (Å²) in [6, 6.07) is 13.2. The highest BCUT2D eigenvalue weighted by Gasteiger charge is 2.22. The molecule has 0 N–H and O–H groups in total. The van der Waals surface area contributed by atoms with Gasteiger partial charge in [-0.1, -0.05) is 36.4 Å². The van der Waals surface area contributed by atoms with Crippen LogP contribution in [0.25, 0.3) is 11.3 Å². The van der Waals surface area contributed by atoms with Gasteiger partial charge in [-0.2, -0.15) is 0 Å². The molecule has 1 heterocycles. The van der Waals surface area contributed by atoms with Crippen LogP contribution in [0.3, 0.4) is 0 Å². The number of aromatic nitrogens is 1. The Morgan fingerprint density at radius 2 is 1.81 bits per heavy atom. The van der Waals surface area contributed by atoms with Crippen LogP contribution in [-0.4, -0.2) is 11.3 Å². The van der Waals surface area contributed by atoms with E-state index < -0.39 is 0 Å². The normalized spacial score (nSPS) is 19.8. The minimum atomic E-state index is 0.609. The lowest BCUT2D eigenvalue weighted by Gasteiger charge is -2.27. The molecule has 1 aliphatic rings. The molecule has 2 heteroatoms. The predicted molar refractivity (Wildman–Crippen MR) is 108 cm³/mol. The average Bonchev–Trinajstić information content (AvgIpc) is 2.70. The molecule has 26 heavy (non-hydrogen) atoms. The number of aldehydes is 1. The number of allylic oxidation sites excluding steroid dienone is 1. The Bertz CT molecular complexity index is 694. The van der Waals surface area contributed by atoms with Crippen molar-refractivity contribution in [2.75, 3.05) is 0 Å². The van der Waals surface area contributed by atoms with Gasteiger partial charge >= 0.3 is 0 Å². The smallest absolute Gasteiger partial charge is 0.120 e. The molecule has 1 aliphatic carbocycles. The molecule has 136 valence electrons. The van der Waals surface area contributed by atoms with E-state index in [1.807, 2.05) is 12.3 Å². The zero-order chi connectivity index (χ0) is 18.2. The van der Waals surface area contributed by atoms with E-state index >= 15 is 0 Å². The number of carbonyl (C=O) groups excluding carboxylic acids is 1. The summed E-state index contributed by atoms with van der Waals surface area (Å²) in [6.07, 6.45) is 13.8. The molecule has 1 aromatic heterocycles. The number of hydrogen-bond donors (Lipinski definition) is 0. The first-order chi connectivity index (χ1) is 12.8. The van der Waals surface area contributed by atoms with E-state index in [0.717, 1.165) is 37.7 Å². The molecule has 0 radical (unpaired) electrons. The second-order valence-corrected chi connectivity index (χ2v) is 7.47. The van der Waals surface area contributed by atoms with Gasteiger partial charge in [0.1, 0.15) is 6.29 Å². The minimum Gasteiger partial charge on any atom is -0.303 e. The van der Waals surface area contributed by atoms with E-state index in [1.165, 1.54) is 42.4 Å². The summed E-state index contributed by atoms with van der Waals surface area (Å²) in [7, 11) is 0. The fraction of sp³-hybridized carbons (Fsp3) is 0.417. The molecule has 1 aromatic carbocycles. The Morgan fingerprint density at radius 1 is 1.04 bits per heavy atom. The molecule has 1 fully saturated rings. The van der Waals surface area contributed by atoms with Gasteiger partial charge in [-0.15, -0.1) is 6.58 Å². The first-order valence-corrected chi connectivity index (χ1v) is 9.90. The highest BCUT2D eigenvalue weighted by atomic mass is 16.1. The molecular formula is C24H29NO. The third kappa shape index (κ3) is 4.91. The summed E-state index contributed by atoms with van der Waals surface area (Å²) >= 11 is 0. The lowest BCUT2D eigenvalue weighted by atomic mass is 9.77. The van der Waals surface area contributed by atoms with Crippen LogP contribution in [0.4, 0.5) is 0 Å². The monoisotopic (exact) mass is 347 g/mol. The van der Waals surface area contributed by atoms with Crippen molar-refractivity contribution in [3.05, 3.63) is 66.4 Å². The number of carbonyl (C=O) groups is 1. The van der Waals surface area contributed by atoms with Crippen LogP contribution in [-0.2, 0) is 11.2 Å². The van der Waals surface area contributed by atoms with Crippen molar-refractivity contribution < 1.29 is 4.79 Å². The van der Waals surface area contributed by atoms with E-state index in [-0.39, 0.29) is 0 Å². The Kier molecular flexibility index (Phi) is 6.76. The number of pyridine rings is 1. The maximum Gasteiger partial charge on any atom is 0.120 e. The first-order valence-electron chi connectivity index (χ1n) is 9.90. The molecule has 1 saturated carbocycles. The number of unbranched alkanes of at least 4 members (excludes halogenated alkanes) is 1. The average molecular weight is 348 g/mol. The van der Waals surface area contributed by atoms with Crippen LogP contribution < -0.4 is 0 Å². The summed E-state index contributed by atoms with van der Waals surface area (Å²) < 4.78 is 0. The third-order valence-electron chi connectivity index (χ3n) is 5.65. The summed E-state index contributed by atoms with van der Waals surface area (Å²) in [5, 5.41) is 0. The van der Waals surface area contributed by atoms with Crippen LogP contribution >= 0.6 is 0 Å². The lowest BCUT2D eigenvalue weighted by Crippen LogP contribution is -2.13. The molecule has 0 unspecified atom stereocenters. The van der Waals surface area contributed by atoms with Gasteiger partial charge in [0.15, 0.2) is 0 Å². The minimum absolute atomic E-state index is 0.609. The van der Waals surface area contributed by atoms with E-state index in [2.05, 4.69) is 48.0 Å². The van der Waals surface area contributed by atoms with Crippen molar-refractivity contribution in [2.45, 2.75) is 57.3 Å². The molecule has 2 nitrogen and oxygen atoms in total. The molecule has 0 bridgehead atoms. The van der Waals surface area contributed by atoms with Gasteiger partial charge in [0.05, 0.1) is 5.69 Å². The van der Waals surface area contributed by atoms with Gasteiger partial charge in [0.2, 0.25) is 0 Å². The Balaban J connectivity index is 1.59. The van der Waals surface area contributed by atoms with E-state index in [4.69, 9.17) is 0 Å².